The van der Waals surface area contributed by atoms with Gasteiger partial charge in [-0.15, -0.1) is 0 Å². The van der Waals surface area contributed by atoms with Crippen LogP contribution in [0.25, 0.3) is 28.2 Å². The maximum atomic E-state index is 11.6. The Balaban J connectivity index is 0.986. The first-order valence-electron chi connectivity index (χ1n) is 25.2. The lowest BCUT2D eigenvalue weighted by atomic mass is 9.80. The predicted molar refractivity (Wildman–Crippen MR) is 280 cm³/mol. The van der Waals surface area contributed by atoms with Crippen LogP contribution in [0.5, 0.6) is 0 Å². The van der Waals surface area contributed by atoms with E-state index in [-0.39, 0.29) is 18.2 Å². The number of rotatable bonds is 7. The van der Waals surface area contributed by atoms with Gasteiger partial charge in [-0.05, 0) is 128 Å². The molecule has 1 saturated heterocycles. The quantitative estimate of drug-likeness (QED) is 0.128. The summed E-state index contributed by atoms with van der Waals surface area (Å²) < 4.78 is 4.87. The minimum atomic E-state index is -0.243. The van der Waals surface area contributed by atoms with Crippen molar-refractivity contribution in [3.05, 3.63) is 239 Å². The zero-order valence-electron chi connectivity index (χ0n) is 38.6. The molecule has 5 aromatic carbocycles. The van der Waals surface area contributed by atoms with Gasteiger partial charge in [0.15, 0.2) is 0 Å². The van der Waals surface area contributed by atoms with E-state index < -0.39 is 0 Å². The van der Waals surface area contributed by atoms with Gasteiger partial charge < -0.3 is 14.4 Å². The molecule has 6 heteroatoms. The van der Waals surface area contributed by atoms with Crippen molar-refractivity contribution in [2.75, 3.05) is 4.90 Å². The third kappa shape index (κ3) is 6.26. The molecule has 1 N–H and O–H groups in total. The lowest BCUT2D eigenvalue weighted by Gasteiger charge is -2.36. The van der Waals surface area contributed by atoms with E-state index in [0.717, 1.165) is 84.5 Å². The highest BCUT2D eigenvalue weighted by atomic mass is 15.4. The van der Waals surface area contributed by atoms with E-state index >= 15 is 0 Å². The van der Waals surface area contributed by atoms with Crippen molar-refractivity contribution in [3.63, 3.8) is 0 Å². The molecule has 6 atom stereocenters. The number of fused-ring (bicyclic) bond motifs is 9. The van der Waals surface area contributed by atoms with Gasteiger partial charge in [0.2, 0.25) is 0 Å². The number of hydrogen-bond acceptors (Lipinski definition) is 4. The third-order valence-corrected chi connectivity index (χ3v) is 16.2. The molecule has 0 radical (unpaired) electrons. The number of amidine groups is 1. The van der Waals surface area contributed by atoms with E-state index in [2.05, 4.69) is 225 Å². The van der Waals surface area contributed by atoms with Gasteiger partial charge in [0.25, 0.3) is 12.0 Å². The molecule has 6 unspecified atom stereocenters. The number of hydrogen-bond donors (Lipinski definition) is 1. The fraction of sp³-hybridized carbons (Fsp3) is 0.206. The Morgan fingerprint density at radius 3 is 2.28 bits per heavy atom. The molecule has 0 bridgehead atoms. The van der Waals surface area contributed by atoms with Gasteiger partial charge in [0.05, 0.1) is 51.4 Å². The van der Waals surface area contributed by atoms with Crippen LogP contribution < -0.4 is 10.2 Å². The Morgan fingerprint density at radius 2 is 1.43 bits per heavy atom. The average molecular weight is 894 g/mol. The first-order chi connectivity index (χ1) is 34.2. The fourth-order valence-corrected chi connectivity index (χ4v) is 13.1. The molecule has 6 nitrogen and oxygen atoms in total. The van der Waals surface area contributed by atoms with Gasteiger partial charge in [-0.25, -0.2) is 5.32 Å². The highest BCUT2D eigenvalue weighted by Crippen LogP contribution is 2.54. The number of para-hydroxylation sites is 3. The van der Waals surface area contributed by atoms with Crippen molar-refractivity contribution in [1.82, 2.24) is 14.8 Å². The zero-order valence-corrected chi connectivity index (χ0v) is 38.6. The Labute approximate surface area is 404 Å². The summed E-state index contributed by atoms with van der Waals surface area (Å²) >= 11 is 0. The summed E-state index contributed by atoms with van der Waals surface area (Å²) in [7, 11) is 0. The molecule has 69 heavy (non-hydrogen) atoms. The Hall–Kier alpha value is -7.88. The van der Waals surface area contributed by atoms with Crippen molar-refractivity contribution in [3.8, 4) is 11.8 Å². The SMILES string of the molecule is N#Cc1cc(C2NC(c3ccc(C4=CCCC=C4)cc3)=[N+]2c2ccccc2)c(N2c3ccccc3C3CCC=CC32)cc1-n1c2c(c3ccccc31)CC1C(=C2)N(C2=CCCC=C2)C2C=CC=CC12. The monoisotopic (exact) mass is 893 g/mol. The smallest absolute Gasteiger partial charge is 0.289 e. The zero-order chi connectivity index (χ0) is 45.6. The van der Waals surface area contributed by atoms with E-state index in [1.165, 1.54) is 50.4 Å². The fourth-order valence-electron chi connectivity index (χ4n) is 13.1. The van der Waals surface area contributed by atoms with Crippen molar-refractivity contribution >= 4 is 45.4 Å². The average Bonchev–Trinajstić information content (AvgIpc) is 4.04. The number of nitriles is 1. The maximum Gasteiger partial charge on any atom is 0.289 e. The van der Waals surface area contributed by atoms with Crippen LogP contribution in [0.3, 0.4) is 0 Å². The standard InChI is InChI=1S/C63H52N6/c64-40-44-36-53(63-65-62(67(63)46-22-8-3-9-23-46)43-34-32-42(33-35-43)41-18-4-1-5-19-41)61(68-55-29-15-10-24-47(55)48-25-11-16-30-56(48)68)38-58(44)69-57-31-17-13-27-50(57)52-37-51-49-26-12-14-28-54(49)66(59(51)39-60(52)69)45-20-6-2-7-21-45/h3-4,6,8-10,12-24,26-36,38-39,48-49,51,54,56,63H,1-2,5,7,11,25,37H2/p+1. The largest absolute Gasteiger partial charge is 0.338 e. The van der Waals surface area contributed by atoms with Gasteiger partial charge in [0, 0.05) is 40.2 Å². The molecular weight excluding hydrogens is 841 g/mol. The summed E-state index contributed by atoms with van der Waals surface area (Å²) in [6.45, 7) is 0. The number of anilines is 2. The van der Waals surface area contributed by atoms with Crippen molar-refractivity contribution in [2.45, 2.75) is 69.1 Å². The molecule has 334 valence electrons. The Morgan fingerprint density at radius 1 is 0.638 bits per heavy atom. The topological polar surface area (TPSA) is 50.2 Å². The number of benzene rings is 5. The molecule has 5 aliphatic carbocycles. The van der Waals surface area contributed by atoms with Crippen LogP contribution in [0.2, 0.25) is 0 Å². The normalized spacial score (nSPS) is 24.7. The van der Waals surface area contributed by atoms with Crippen LogP contribution in [-0.4, -0.2) is 32.0 Å². The molecule has 0 spiro atoms. The van der Waals surface area contributed by atoms with Gasteiger partial charge in [0.1, 0.15) is 11.8 Å². The number of nitrogens with zero attached hydrogens (tertiary/aromatic N) is 5. The van der Waals surface area contributed by atoms with Crippen LogP contribution in [0, 0.1) is 23.2 Å². The summed E-state index contributed by atoms with van der Waals surface area (Å²) in [5.74, 6) is 2.16. The molecule has 6 aromatic rings. The summed E-state index contributed by atoms with van der Waals surface area (Å²) in [6, 6.07) is 45.5. The van der Waals surface area contributed by atoms with Crippen LogP contribution in [0.15, 0.2) is 200 Å². The first-order valence-corrected chi connectivity index (χ1v) is 25.2. The first kappa shape index (κ1) is 40.2. The molecule has 0 amide bonds. The second kappa shape index (κ2) is 16.1. The van der Waals surface area contributed by atoms with Crippen LogP contribution in [-0.2, 0) is 6.42 Å². The minimum Gasteiger partial charge on any atom is -0.338 e. The summed E-state index contributed by atoms with van der Waals surface area (Å²) in [6.07, 6.45) is 37.8. The van der Waals surface area contributed by atoms with E-state index in [4.69, 9.17) is 0 Å². The Bertz CT molecular complexity index is 3450. The summed E-state index contributed by atoms with van der Waals surface area (Å²) in [5, 5.41) is 16.8. The highest BCUT2D eigenvalue weighted by Gasteiger charge is 2.49. The van der Waals surface area contributed by atoms with E-state index in [9.17, 15) is 5.26 Å². The second-order valence-electron chi connectivity index (χ2n) is 19.8. The van der Waals surface area contributed by atoms with Crippen LogP contribution in [0.1, 0.15) is 89.7 Å². The summed E-state index contributed by atoms with van der Waals surface area (Å²) in [5.41, 5.74) is 17.5. The third-order valence-electron chi connectivity index (χ3n) is 16.2. The van der Waals surface area contributed by atoms with Crippen LogP contribution >= 0.6 is 0 Å². The lowest BCUT2D eigenvalue weighted by Crippen LogP contribution is -2.51. The van der Waals surface area contributed by atoms with E-state index in [0.29, 0.717) is 23.3 Å². The molecule has 8 aliphatic rings. The maximum absolute atomic E-state index is 11.6. The lowest BCUT2D eigenvalue weighted by molar-refractivity contribution is -0.531. The van der Waals surface area contributed by atoms with Crippen molar-refractivity contribution < 1.29 is 4.58 Å². The molecule has 0 saturated carbocycles. The second-order valence-corrected chi connectivity index (χ2v) is 19.8. The number of nitrogens with one attached hydrogen (secondary N) is 1. The molecular formula is C63H53N6+. The van der Waals surface area contributed by atoms with Gasteiger partial charge in [-0.3, -0.25) is 0 Å². The van der Waals surface area contributed by atoms with Crippen molar-refractivity contribution in [1.29, 1.82) is 5.26 Å². The molecule has 14 rings (SSSR count). The van der Waals surface area contributed by atoms with Crippen LogP contribution in [0.4, 0.5) is 17.1 Å². The number of allylic oxidation sites excluding steroid dienone is 11. The molecule has 1 fully saturated rings. The molecule has 4 heterocycles. The van der Waals surface area contributed by atoms with Gasteiger partial charge in [-0.1, -0.05) is 134 Å². The predicted octanol–water partition coefficient (Wildman–Crippen LogP) is 13.8. The molecule has 1 aromatic heterocycles. The minimum absolute atomic E-state index is 0.145. The summed E-state index contributed by atoms with van der Waals surface area (Å²) in [4.78, 5) is 5.23. The number of likely N-dealkylation sites (tertiary alicyclic amines) is 1. The van der Waals surface area contributed by atoms with E-state index in [1.54, 1.807) is 0 Å². The highest BCUT2D eigenvalue weighted by molar-refractivity contribution is 5.99. The molecule has 3 aliphatic heterocycles. The van der Waals surface area contributed by atoms with Gasteiger partial charge in [-0.2, -0.15) is 9.84 Å². The van der Waals surface area contributed by atoms with E-state index in [1.807, 2.05) is 0 Å². The number of aromatic nitrogens is 1. The van der Waals surface area contributed by atoms with Gasteiger partial charge >= 0.3 is 0 Å². The van der Waals surface area contributed by atoms with Crippen molar-refractivity contribution in [2.24, 2.45) is 11.8 Å². The Kier molecular flexibility index (Phi) is 9.40.